The second kappa shape index (κ2) is 8.86. The van der Waals surface area contributed by atoms with Gasteiger partial charge in [0, 0.05) is 59.9 Å². The fraction of sp³-hybridized carbons (Fsp3) is 0.409. The molecule has 5 nitrogen and oxygen atoms in total. The van der Waals surface area contributed by atoms with E-state index in [2.05, 4.69) is 0 Å². The standard InChI is InChI=1S/C22H25FN2O3S/c1-14-12-18(16(3)29-14)21(27)6-7-22(28)25-10-8-24(9-11-25)20-5-4-17(15(2)26)13-19(20)23/h4-5,12-13H,6-11H2,1-3H3. The molecule has 1 amide bonds. The van der Waals surface area contributed by atoms with Crippen LogP contribution in [-0.4, -0.2) is 48.6 Å². The predicted molar refractivity (Wildman–Crippen MR) is 113 cm³/mol. The lowest BCUT2D eigenvalue weighted by atomic mass is 10.1. The van der Waals surface area contributed by atoms with E-state index in [9.17, 15) is 18.8 Å². The highest BCUT2D eigenvalue weighted by atomic mass is 32.1. The lowest BCUT2D eigenvalue weighted by Crippen LogP contribution is -2.49. The summed E-state index contributed by atoms with van der Waals surface area (Å²) in [6.45, 7) is 7.29. The number of Topliss-reactive ketones (excluding diaryl/α,β-unsaturated/α-hetero) is 2. The van der Waals surface area contributed by atoms with Crippen LogP contribution in [0.15, 0.2) is 24.3 Å². The Bertz CT molecular complexity index is 946. The number of piperazine rings is 1. The first-order chi connectivity index (χ1) is 13.8. The predicted octanol–water partition coefficient (Wildman–Crippen LogP) is 4.02. The van der Waals surface area contributed by atoms with Crippen molar-refractivity contribution in [3.63, 3.8) is 0 Å². The zero-order valence-corrected chi connectivity index (χ0v) is 17.8. The Morgan fingerprint density at radius 3 is 2.28 bits per heavy atom. The van der Waals surface area contributed by atoms with Gasteiger partial charge >= 0.3 is 0 Å². The molecule has 0 saturated carbocycles. The Balaban J connectivity index is 1.52. The first-order valence-corrected chi connectivity index (χ1v) is 10.5. The van der Waals surface area contributed by atoms with Crippen LogP contribution in [0.1, 0.15) is 50.2 Å². The fourth-order valence-corrected chi connectivity index (χ4v) is 4.54. The van der Waals surface area contributed by atoms with Gasteiger partial charge in [0.25, 0.3) is 0 Å². The second-order valence-corrected chi connectivity index (χ2v) is 8.80. The minimum absolute atomic E-state index is 0.00599. The molecule has 1 aromatic heterocycles. The minimum Gasteiger partial charge on any atom is -0.366 e. The molecule has 1 aliphatic heterocycles. The van der Waals surface area contributed by atoms with E-state index >= 15 is 0 Å². The van der Waals surface area contributed by atoms with Crippen LogP contribution in [0.3, 0.4) is 0 Å². The summed E-state index contributed by atoms with van der Waals surface area (Å²) < 4.78 is 14.3. The first kappa shape index (κ1) is 21.2. The van der Waals surface area contributed by atoms with Crippen molar-refractivity contribution in [3.05, 3.63) is 51.0 Å². The van der Waals surface area contributed by atoms with Crippen molar-refractivity contribution in [2.75, 3.05) is 31.1 Å². The molecule has 7 heteroatoms. The molecule has 0 aliphatic carbocycles. The monoisotopic (exact) mass is 416 g/mol. The highest BCUT2D eigenvalue weighted by molar-refractivity contribution is 7.12. The highest BCUT2D eigenvalue weighted by Gasteiger charge is 2.24. The molecular weight excluding hydrogens is 391 g/mol. The number of ketones is 2. The SMILES string of the molecule is CC(=O)c1ccc(N2CCN(C(=O)CCC(=O)c3cc(C)sc3C)CC2)c(F)c1. The van der Waals surface area contributed by atoms with Crippen molar-refractivity contribution in [2.45, 2.75) is 33.6 Å². The molecule has 1 saturated heterocycles. The molecule has 1 aliphatic rings. The van der Waals surface area contributed by atoms with Crippen LogP contribution in [-0.2, 0) is 4.79 Å². The molecule has 0 N–H and O–H groups in total. The summed E-state index contributed by atoms with van der Waals surface area (Å²) in [4.78, 5) is 42.0. The van der Waals surface area contributed by atoms with Gasteiger partial charge in [-0.3, -0.25) is 14.4 Å². The van der Waals surface area contributed by atoms with Gasteiger partial charge in [-0.2, -0.15) is 0 Å². The smallest absolute Gasteiger partial charge is 0.223 e. The lowest BCUT2D eigenvalue weighted by Gasteiger charge is -2.36. The van der Waals surface area contributed by atoms with Crippen LogP contribution < -0.4 is 4.90 Å². The van der Waals surface area contributed by atoms with Crippen LogP contribution in [0.25, 0.3) is 0 Å². The third-order valence-corrected chi connectivity index (χ3v) is 6.20. The molecule has 0 atom stereocenters. The molecule has 2 aromatic rings. The van der Waals surface area contributed by atoms with E-state index in [4.69, 9.17) is 0 Å². The molecule has 3 rings (SSSR count). The van der Waals surface area contributed by atoms with Crippen LogP contribution >= 0.6 is 11.3 Å². The quantitative estimate of drug-likeness (QED) is 0.668. The topological polar surface area (TPSA) is 57.7 Å². The minimum atomic E-state index is -0.426. The molecule has 154 valence electrons. The number of carbonyl (C=O) groups excluding carboxylic acids is 3. The summed E-state index contributed by atoms with van der Waals surface area (Å²) in [5, 5.41) is 0. The molecule has 2 heterocycles. The fourth-order valence-electron chi connectivity index (χ4n) is 3.60. The third kappa shape index (κ3) is 4.90. The number of carbonyl (C=O) groups is 3. The first-order valence-electron chi connectivity index (χ1n) is 9.69. The molecule has 1 aromatic carbocycles. The van der Waals surface area contributed by atoms with Gasteiger partial charge in [0.15, 0.2) is 11.6 Å². The average Bonchev–Trinajstić information content (AvgIpc) is 3.04. The van der Waals surface area contributed by atoms with E-state index in [-0.39, 0.29) is 30.3 Å². The molecule has 0 radical (unpaired) electrons. The maximum atomic E-state index is 14.3. The van der Waals surface area contributed by atoms with Crippen LogP contribution in [0, 0.1) is 19.7 Å². The number of hydrogen-bond donors (Lipinski definition) is 0. The summed E-state index contributed by atoms with van der Waals surface area (Å²) >= 11 is 1.59. The summed E-state index contributed by atoms with van der Waals surface area (Å²) in [5.41, 5.74) is 1.51. The maximum absolute atomic E-state index is 14.3. The summed E-state index contributed by atoms with van der Waals surface area (Å²) in [6.07, 6.45) is 0.395. The molecule has 0 bridgehead atoms. The van der Waals surface area contributed by atoms with E-state index in [1.807, 2.05) is 24.8 Å². The summed E-state index contributed by atoms with van der Waals surface area (Å²) in [7, 11) is 0. The van der Waals surface area contributed by atoms with Gasteiger partial charge in [0.1, 0.15) is 5.82 Å². The van der Waals surface area contributed by atoms with E-state index < -0.39 is 5.82 Å². The van der Waals surface area contributed by atoms with E-state index in [0.29, 0.717) is 37.4 Å². The average molecular weight is 417 g/mol. The normalized spacial score (nSPS) is 14.2. The van der Waals surface area contributed by atoms with Gasteiger partial charge in [0.05, 0.1) is 5.69 Å². The van der Waals surface area contributed by atoms with Gasteiger partial charge in [-0.1, -0.05) is 0 Å². The summed E-state index contributed by atoms with van der Waals surface area (Å²) in [6, 6.07) is 6.39. The van der Waals surface area contributed by atoms with Gasteiger partial charge in [-0.15, -0.1) is 11.3 Å². The summed E-state index contributed by atoms with van der Waals surface area (Å²) in [5.74, 6) is -0.640. The van der Waals surface area contributed by atoms with Crippen LogP contribution in [0.4, 0.5) is 10.1 Å². The van der Waals surface area contributed by atoms with E-state index in [1.54, 1.807) is 28.4 Å². The van der Waals surface area contributed by atoms with Gasteiger partial charge in [-0.25, -0.2) is 4.39 Å². The van der Waals surface area contributed by atoms with E-state index in [0.717, 1.165) is 15.3 Å². The zero-order valence-electron chi connectivity index (χ0n) is 17.0. The van der Waals surface area contributed by atoms with Crippen LogP contribution in [0.5, 0.6) is 0 Å². The number of aryl methyl sites for hydroxylation is 2. The number of hydrogen-bond acceptors (Lipinski definition) is 5. The second-order valence-electron chi connectivity index (χ2n) is 7.34. The molecule has 0 unspecified atom stereocenters. The van der Waals surface area contributed by atoms with Gasteiger partial charge in [0.2, 0.25) is 5.91 Å². The van der Waals surface area contributed by atoms with Crippen molar-refractivity contribution < 1.29 is 18.8 Å². The van der Waals surface area contributed by atoms with Gasteiger partial charge in [-0.05, 0) is 45.0 Å². The van der Waals surface area contributed by atoms with Crippen molar-refractivity contribution >= 4 is 34.5 Å². The Kier molecular flexibility index (Phi) is 6.47. The van der Waals surface area contributed by atoms with Crippen molar-refractivity contribution in [1.82, 2.24) is 4.90 Å². The van der Waals surface area contributed by atoms with Crippen molar-refractivity contribution in [1.29, 1.82) is 0 Å². The number of benzene rings is 1. The number of anilines is 1. The van der Waals surface area contributed by atoms with E-state index in [1.165, 1.54) is 13.0 Å². The van der Waals surface area contributed by atoms with Gasteiger partial charge < -0.3 is 9.80 Å². The molecule has 29 heavy (non-hydrogen) atoms. The number of thiophene rings is 1. The number of nitrogens with zero attached hydrogens (tertiary/aromatic N) is 2. The Morgan fingerprint density at radius 2 is 1.72 bits per heavy atom. The Hall–Kier alpha value is -2.54. The molecule has 1 fully saturated rings. The molecular formula is C22H25FN2O3S. The lowest BCUT2D eigenvalue weighted by molar-refractivity contribution is -0.131. The third-order valence-electron chi connectivity index (χ3n) is 5.23. The largest absolute Gasteiger partial charge is 0.366 e. The zero-order chi connectivity index (χ0) is 21.1. The van der Waals surface area contributed by atoms with Crippen molar-refractivity contribution in [3.8, 4) is 0 Å². The number of rotatable bonds is 6. The highest BCUT2D eigenvalue weighted by Crippen LogP contribution is 2.24. The Morgan fingerprint density at radius 1 is 1.03 bits per heavy atom. The molecule has 0 spiro atoms. The Labute approximate surface area is 174 Å². The maximum Gasteiger partial charge on any atom is 0.223 e. The van der Waals surface area contributed by atoms with Crippen molar-refractivity contribution in [2.24, 2.45) is 0 Å². The number of halogens is 1. The van der Waals surface area contributed by atoms with Crippen LogP contribution in [0.2, 0.25) is 0 Å². The number of amides is 1.